The zero-order chi connectivity index (χ0) is 48.9. The molecule has 6 aliphatic rings. The average Bonchev–Trinajstić information content (AvgIpc) is 3.99. The van der Waals surface area contributed by atoms with E-state index in [1.165, 1.54) is 12.1 Å². The molecule has 0 radical (unpaired) electrons. The Hall–Kier alpha value is -6.54. The van der Waals surface area contributed by atoms with Gasteiger partial charge in [-0.3, -0.25) is 0 Å². The van der Waals surface area contributed by atoms with Crippen molar-refractivity contribution in [2.45, 2.75) is 108 Å². The molecule has 4 aromatic heterocycles. The van der Waals surface area contributed by atoms with Crippen LogP contribution in [0.5, 0.6) is 5.88 Å². The van der Waals surface area contributed by atoms with Gasteiger partial charge in [-0.1, -0.05) is 25.0 Å². The zero-order valence-corrected chi connectivity index (χ0v) is 39.6. The Morgan fingerprint density at radius 3 is 1.45 bits per heavy atom. The highest BCUT2D eigenvalue weighted by atomic mass is 19.2. The van der Waals surface area contributed by atoms with Crippen LogP contribution in [0, 0.1) is 65.5 Å². The molecule has 15 nitrogen and oxygen atoms in total. The summed E-state index contributed by atoms with van der Waals surface area (Å²) in [6.07, 6.45) is 12.7. The monoisotopic (exact) mass is 982 g/mol. The molecule has 2 aliphatic carbocycles. The van der Waals surface area contributed by atoms with E-state index in [1.807, 2.05) is 23.9 Å². The van der Waals surface area contributed by atoms with Crippen molar-refractivity contribution in [1.29, 1.82) is 0 Å². The second-order valence-corrected chi connectivity index (χ2v) is 20.0. The number of ether oxygens (including phenoxy) is 1. The normalized spacial score (nSPS) is 25.6. The lowest BCUT2D eigenvalue weighted by Gasteiger charge is -2.39. The fourth-order valence-electron chi connectivity index (χ4n) is 12.2. The van der Waals surface area contributed by atoms with E-state index in [1.54, 1.807) is 18.0 Å². The molecule has 71 heavy (non-hydrogen) atoms. The van der Waals surface area contributed by atoms with Crippen LogP contribution in [0.2, 0.25) is 0 Å². The number of anilines is 4. The fraction of sp³-hybridized carbons (Fsp3) is 0.520. The van der Waals surface area contributed by atoms with Gasteiger partial charge in [0.25, 0.3) is 0 Å². The van der Waals surface area contributed by atoms with Gasteiger partial charge < -0.3 is 25.2 Å². The minimum Gasteiger partial charge on any atom is -0.480 e. The number of nitrogens with one attached hydrogen (secondary N) is 2. The molecule has 8 heterocycles. The highest BCUT2D eigenvalue weighted by Crippen LogP contribution is 2.43. The predicted molar refractivity (Wildman–Crippen MR) is 251 cm³/mol. The Balaban J connectivity index is 0.000000154. The van der Waals surface area contributed by atoms with Gasteiger partial charge in [-0.05, 0) is 100 Å². The van der Waals surface area contributed by atoms with Gasteiger partial charge in [0, 0.05) is 80.4 Å². The summed E-state index contributed by atoms with van der Waals surface area (Å²) in [6, 6.07) is 9.10. The quantitative estimate of drug-likeness (QED) is 0.105. The molecule has 21 heteroatoms. The van der Waals surface area contributed by atoms with Crippen LogP contribution in [-0.2, 0) is 13.1 Å². The second kappa shape index (κ2) is 19.6. The number of aryl methyl sites for hydroxylation is 3. The molecule has 4 aliphatic heterocycles. The third-order valence-electron chi connectivity index (χ3n) is 15.7. The molecule has 2 saturated carbocycles. The summed E-state index contributed by atoms with van der Waals surface area (Å²) in [5.41, 5.74) is 3.29. The first-order chi connectivity index (χ1) is 34.5. The van der Waals surface area contributed by atoms with Crippen molar-refractivity contribution in [3.05, 3.63) is 112 Å². The molecular formula is C50H56F6N14O. The van der Waals surface area contributed by atoms with Crippen LogP contribution in [-0.4, -0.2) is 95.3 Å². The van der Waals surface area contributed by atoms with E-state index in [2.05, 4.69) is 46.9 Å². The number of piperidine rings is 2. The van der Waals surface area contributed by atoms with Gasteiger partial charge in [0.05, 0.1) is 36.6 Å². The number of rotatable bonds is 9. The van der Waals surface area contributed by atoms with Crippen molar-refractivity contribution >= 4 is 23.3 Å². The first-order valence-corrected chi connectivity index (χ1v) is 24.8. The molecule has 0 amide bonds. The fourth-order valence-corrected chi connectivity index (χ4v) is 12.2. The van der Waals surface area contributed by atoms with Gasteiger partial charge in [0.1, 0.15) is 11.6 Å². The minimum absolute atomic E-state index is 0.130. The molecule has 2 aromatic carbocycles. The van der Waals surface area contributed by atoms with Gasteiger partial charge in [0.15, 0.2) is 34.9 Å². The largest absolute Gasteiger partial charge is 0.480 e. The summed E-state index contributed by atoms with van der Waals surface area (Å²) >= 11 is 0. The maximum atomic E-state index is 14.7. The number of halogens is 6. The molecule has 0 spiro atoms. The lowest BCUT2D eigenvalue weighted by atomic mass is 9.92. The molecule has 6 aromatic rings. The molecule has 4 fully saturated rings. The highest BCUT2D eigenvalue weighted by Gasteiger charge is 2.45. The predicted octanol–water partition coefficient (Wildman–Crippen LogP) is 8.57. The number of benzene rings is 2. The SMILES string of the molecule is COc1cc(N2C[C@H]3CC[C@@H](C2)C3Nc2nc3n(n2)CCCCC3c2ccc(F)c(F)c2F)cnn1.Cc1cc(N2C[C@H]3CC[C@@H](C2)C3Nc2nc3n(n2)CCCC[C@@H]3c2ccc(F)c(F)c2F)cnn1. The summed E-state index contributed by atoms with van der Waals surface area (Å²) in [7, 11) is 1.58. The van der Waals surface area contributed by atoms with E-state index in [0.717, 1.165) is 107 Å². The zero-order valence-electron chi connectivity index (χ0n) is 39.6. The summed E-state index contributed by atoms with van der Waals surface area (Å²) in [4.78, 5) is 14.2. The summed E-state index contributed by atoms with van der Waals surface area (Å²) in [5.74, 6) is -3.97. The van der Waals surface area contributed by atoms with E-state index in [9.17, 15) is 26.3 Å². The summed E-state index contributed by atoms with van der Waals surface area (Å²) in [6.45, 7) is 6.89. The average molecular weight is 983 g/mol. The van der Waals surface area contributed by atoms with Gasteiger partial charge in [0.2, 0.25) is 17.8 Å². The van der Waals surface area contributed by atoms with Gasteiger partial charge >= 0.3 is 0 Å². The van der Waals surface area contributed by atoms with Crippen molar-refractivity contribution in [3.8, 4) is 5.88 Å². The lowest BCUT2D eigenvalue weighted by molar-refractivity contribution is 0.372. The number of hydrogen-bond acceptors (Lipinski definition) is 13. The van der Waals surface area contributed by atoms with Crippen LogP contribution in [0.4, 0.5) is 49.6 Å². The number of methoxy groups -OCH3 is 1. The summed E-state index contributed by atoms with van der Waals surface area (Å²) in [5, 5.41) is 32.8. The van der Waals surface area contributed by atoms with Crippen molar-refractivity contribution in [3.63, 3.8) is 0 Å². The number of fused-ring (bicyclic) bond motifs is 6. The first kappa shape index (κ1) is 46.8. The Morgan fingerprint density at radius 2 is 1.00 bits per heavy atom. The van der Waals surface area contributed by atoms with E-state index in [-0.39, 0.29) is 23.2 Å². The van der Waals surface area contributed by atoms with E-state index >= 15 is 0 Å². The molecule has 2 saturated heterocycles. The number of nitrogens with zero attached hydrogens (tertiary/aromatic N) is 12. The Kier molecular flexibility index (Phi) is 12.9. The lowest BCUT2D eigenvalue weighted by Crippen LogP contribution is -2.48. The van der Waals surface area contributed by atoms with Crippen LogP contribution >= 0.6 is 0 Å². The van der Waals surface area contributed by atoms with E-state index < -0.39 is 46.7 Å². The second-order valence-electron chi connectivity index (χ2n) is 20.0. The highest BCUT2D eigenvalue weighted by molar-refractivity contribution is 5.49. The van der Waals surface area contributed by atoms with Gasteiger partial charge in [-0.2, -0.15) is 25.3 Å². The maximum Gasteiger partial charge on any atom is 0.242 e. The third-order valence-corrected chi connectivity index (χ3v) is 15.7. The Labute approximate surface area is 406 Å². The van der Waals surface area contributed by atoms with Crippen LogP contribution in [0.15, 0.2) is 48.8 Å². The third kappa shape index (κ3) is 9.20. The van der Waals surface area contributed by atoms with Crippen LogP contribution in [0.25, 0.3) is 0 Å². The Bertz CT molecular complexity index is 2870. The minimum atomic E-state index is -1.44. The van der Waals surface area contributed by atoms with E-state index in [0.29, 0.717) is 79.0 Å². The topological polar surface area (TPSA) is 153 Å². The van der Waals surface area contributed by atoms with Crippen molar-refractivity contribution < 1.29 is 31.1 Å². The smallest absolute Gasteiger partial charge is 0.242 e. The Morgan fingerprint density at radius 1 is 0.549 bits per heavy atom. The first-order valence-electron chi connectivity index (χ1n) is 24.8. The molecule has 8 atom stereocenters. The standard InChI is InChI=1S/C25H28F3N7O.C25H28F3N7/c1-36-20-10-16(11-29-32-20)34-12-14-5-6-15(13-34)23(14)30-25-31-24-18(4-2-3-9-35(24)33-25)17-7-8-19(26)22(28)21(17)27;1-14-10-17(11-29-32-14)34-12-15-5-6-16(13-34)23(15)30-25-31-24-19(4-2-3-9-35(24)33-25)18-7-8-20(26)22(28)21(18)27/h7-8,10-11,14-15,18,23H,2-6,9,12-13H2,1H3,(H,30,33);7-8,10-11,15-16,19,23H,2-6,9,12-13H2,1H3,(H,30,33)/t14-,15+,18?,23?;15-,16+,19-,23?/m.1/s1. The molecule has 12 rings (SSSR count). The molecule has 4 bridgehead atoms. The molecule has 3 unspecified atom stereocenters. The number of aromatic nitrogens is 10. The van der Waals surface area contributed by atoms with Crippen LogP contribution in [0.3, 0.4) is 0 Å². The van der Waals surface area contributed by atoms with Crippen LogP contribution in [0.1, 0.15) is 105 Å². The summed E-state index contributed by atoms with van der Waals surface area (Å²) < 4.78 is 93.3. The molecular weight excluding hydrogens is 927 g/mol. The molecule has 2 N–H and O–H groups in total. The number of hydrogen-bond donors (Lipinski definition) is 2. The van der Waals surface area contributed by atoms with Crippen molar-refractivity contribution in [2.75, 3.05) is 53.7 Å². The van der Waals surface area contributed by atoms with E-state index in [4.69, 9.17) is 24.9 Å². The maximum absolute atomic E-state index is 14.7. The van der Waals surface area contributed by atoms with Crippen molar-refractivity contribution in [2.24, 2.45) is 23.7 Å². The van der Waals surface area contributed by atoms with Crippen LogP contribution < -0.4 is 25.2 Å². The van der Waals surface area contributed by atoms with Gasteiger partial charge in [-0.25, -0.2) is 35.7 Å². The van der Waals surface area contributed by atoms with Crippen molar-refractivity contribution in [1.82, 2.24) is 49.9 Å². The molecule has 374 valence electrons. The van der Waals surface area contributed by atoms with Gasteiger partial charge in [-0.15, -0.1) is 15.3 Å².